The van der Waals surface area contributed by atoms with Crippen LogP contribution in [0.2, 0.25) is 0 Å². The summed E-state index contributed by atoms with van der Waals surface area (Å²) in [6.45, 7) is 2.07. The number of rotatable bonds is 3. The summed E-state index contributed by atoms with van der Waals surface area (Å²) in [5, 5.41) is 0. The molecule has 0 bridgehead atoms. The molecule has 0 saturated carbocycles. The van der Waals surface area contributed by atoms with Crippen molar-refractivity contribution in [3.63, 3.8) is 0 Å². The number of halogens is 1. The monoisotopic (exact) mass is 393 g/mol. The van der Waals surface area contributed by atoms with E-state index in [1.807, 2.05) is 24.3 Å². The minimum Gasteiger partial charge on any atom is -0.311 e. The van der Waals surface area contributed by atoms with Gasteiger partial charge in [-0.2, -0.15) is 0 Å². The van der Waals surface area contributed by atoms with E-state index in [2.05, 4.69) is 0 Å². The van der Waals surface area contributed by atoms with Crippen LogP contribution in [0.15, 0.2) is 64.4 Å². The molecule has 3 aromatic rings. The van der Waals surface area contributed by atoms with Gasteiger partial charge in [0.25, 0.3) is 0 Å². The predicted molar refractivity (Wildman–Crippen MR) is 108 cm³/mol. The highest BCUT2D eigenvalue weighted by atomic mass is 19.1. The quantitative estimate of drug-likeness (QED) is 0.642. The highest BCUT2D eigenvalue weighted by molar-refractivity contribution is 5.94. The minimum atomic E-state index is -0.826. The van der Waals surface area contributed by atoms with E-state index in [9.17, 15) is 18.8 Å². The summed E-state index contributed by atoms with van der Waals surface area (Å²) in [6, 6.07) is 11.7. The van der Waals surface area contributed by atoms with Crippen LogP contribution in [-0.2, 0) is 17.8 Å². The van der Waals surface area contributed by atoms with Gasteiger partial charge >= 0.3 is 11.1 Å². The maximum Gasteiger partial charge on any atom is 0.320 e. The Morgan fingerprint density at radius 1 is 1.03 bits per heavy atom. The summed E-state index contributed by atoms with van der Waals surface area (Å²) in [7, 11) is 0. The molecule has 0 atom stereocenters. The van der Waals surface area contributed by atoms with E-state index >= 15 is 0 Å². The van der Waals surface area contributed by atoms with Gasteiger partial charge in [0, 0.05) is 24.6 Å². The van der Waals surface area contributed by atoms with Crippen molar-refractivity contribution in [2.24, 2.45) is 0 Å². The summed E-state index contributed by atoms with van der Waals surface area (Å²) in [5.74, 6) is -0.751. The maximum atomic E-state index is 13.6. The van der Waals surface area contributed by atoms with E-state index < -0.39 is 16.9 Å². The van der Waals surface area contributed by atoms with Crippen LogP contribution in [0.25, 0.3) is 5.69 Å². The number of carbonyl (C=O) groups is 1. The van der Waals surface area contributed by atoms with Crippen molar-refractivity contribution in [2.45, 2.75) is 26.3 Å². The number of anilines is 1. The first kappa shape index (κ1) is 18.9. The van der Waals surface area contributed by atoms with Crippen LogP contribution in [0.3, 0.4) is 0 Å². The molecule has 2 aromatic carbocycles. The molecule has 4 rings (SSSR count). The second-order valence-corrected chi connectivity index (χ2v) is 7.11. The summed E-state index contributed by atoms with van der Waals surface area (Å²) >= 11 is 0. The fourth-order valence-electron chi connectivity index (χ4n) is 3.69. The lowest BCUT2D eigenvalue weighted by Crippen LogP contribution is -2.44. The van der Waals surface area contributed by atoms with Crippen LogP contribution >= 0.6 is 0 Å². The first-order chi connectivity index (χ1) is 14.0. The molecule has 0 aliphatic carbocycles. The van der Waals surface area contributed by atoms with Crippen LogP contribution in [0.5, 0.6) is 0 Å². The first-order valence-electron chi connectivity index (χ1n) is 9.42. The average Bonchev–Trinajstić information content (AvgIpc) is 2.73. The van der Waals surface area contributed by atoms with Gasteiger partial charge < -0.3 is 4.90 Å². The molecule has 2 heterocycles. The number of aryl methyl sites for hydroxylation is 2. The number of hydrogen-bond acceptors (Lipinski definition) is 3. The SMILES string of the molecule is Cc1ccc(F)cc1-n1ccn(CC(=O)N2CCCc3ccccc32)c(=O)c1=O. The molecular weight excluding hydrogens is 373 g/mol. The second kappa shape index (κ2) is 7.50. The molecule has 1 aliphatic heterocycles. The molecule has 0 radical (unpaired) electrons. The lowest BCUT2D eigenvalue weighted by Gasteiger charge is -2.29. The number of aromatic nitrogens is 2. The van der Waals surface area contributed by atoms with Crippen molar-refractivity contribution in [1.82, 2.24) is 9.13 Å². The Labute approximate surface area is 166 Å². The molecule has 0 unspecified atom stereocenters. The van der Waals surface area contributed by atoms with Crippen molar-refractivity contribution >= 4 is 11.6 Å². The third kappa shape index (κ3) is 3.51. The first-order valence-corrected chi connectivity index (χ1v) is 9.42. The van der Waals surface area contributed by atoms with Gasteiger partial charge in [-0.05, 0) is 49.1 Å². The van der Waals surface area contributed by atoms with Crippen molar-refractivity contribution in [3.8, 4) is 5.69 Å². The zero-order valence-corrected chi connectivity index (χ0v) is 16.0. The zero-order valence-electron chi connectivity index (χ0n) is 16.0. The van der Waals surface area contributed by atoms with Crippen LogP contribution in [0, 0.1) is 12.7 Å². The lowest BCUT2D eigenvalue weighted by atomic mass is 10.0. The number of amides is 1. The molecule has 29 heavy (non-hydrogen) atoms. The van der Waals surface area contributed by atoms with Gasteiger partial charge in [-0.15, -0.1) is 0 Å². The molecule has 0 saturated heterocycles. The van der Waals surface area contributed by atoms with Gasteiger partial charge in [-0.3, -0.25) is 23.5 Å². The van der Waals surface area contributed by atoms with Crippen LogP contribution in [0.4, 0.5) is 10.1 Å². The maximum absolute atomic E-state index is 13.6. The lowest BCUT2D eigenvalue weighted by molar-refractivity contribution is -0.119. The van der Waals surface area contributed by atoms with Crippen molar-refractivity contribution < 1.29 is 9.18 Å². The van der Waals surface area contributed by atoms with Gasteiger partial charge in [-0.1, -0.05) is 24.3 Å². The van der Waals surface area contributed by atoms with E-state index in [4.69, 9.17) is 0 Å². The molecule has 0 fully saturated rings. The van der Waals surface area contributed by atoms with Crippen LogP contribution in [0.1, 0.15) is 17.5 Å². The fourth-order valence-corrected chi connectivity index (χ4v) is 3.69. The normalized spacial score (nSPS) is 13.2. The Morgan fingerprint density at radius 3 is 2.66 bits per heavy atom. The van der Waals surface area contributed by atoms with Gasteiger partial charge in [0.2, 0.25) is 5.91 Å². The number of carbonyl (C=O) groups excluding carboxylic acids is 1. The van der Waals surface area contributed by atoms with E-state index in [-0.39, 0.29) is 12.5 Å². The van der Waals surface area contributed by atoms with Gasteiger partial charge in [0.15, 0.2) is 0 Å². The van der Waals surface area contributed by atoms with Crippen LogP contribution in [-0.4, -0.2) is 21.6 Å². The highest BCUT2D eigenvalue weighted by Crippen LogP contribution is 2.26. The number of benzene rings is 2. The third-order valence-corrected chi connectivity index (χ3v) is 5.21. The Balaban J connectivity index is 1.65. The molecule has 1 amide bonds. The molecule has 1 aliphatic rings. The molecule has 148 valence electrons. The fraction of sp³-hybridized carbons (Fsp3) is 0.227. The van der Waals surface area contributed by atoms with Crippen molar-refractivity contribution in [1.29, 1.82) is 0 Å². The molecule has 7 heteroatoms. The number of hydrogen-bond donors (Lipinski definition) is 0. The van der Waals surface area contributed by atoms with E-state index in [1.54, 1.807) is 17.9 Å². The Kier molecular flexibility index (Phi) is 4.88. The molecule has 6 nitrogen and oxygen atoms in total. The second-order valence-electron chi connectivity index (χ2n) is 7.11. The van der Waals surface area contributed by atoms with Gasteiger partial charge in [0.1, 0.15) is 12.4 Å². The average molecular weight is 393 g/mol. The Bertz CT molecular complexity index is 1210. The summed E-state index contributed by atoms with van der Waals surface area (Å²) in [6.07, 6.45) is 4.53. The van der Waals surface area contributed by atoms with E-state index in [0.717, 1.165) is 33.2 Å². The largest absolute Gasteiger partial charge is 0.320 e. The summed E-state index contributed by atoms with van der Waals surface area (Å²) < 4.78 is 15.8. The predicted octanol–water partition coefficient (Wildman–Crippen LogP) is 2.43. The molecular formula is C22H20FN3O3. The Hall–Kier alpha value is -3.48. The Morgan fingerprint density at radius 2 is 1.83 bits per heavy atom. The minimum absolute atomic E-state index is 0.231. The zero-order chi connectivity index (χ0) is 20.5. The topological polar surface area (TPSA) is 64.3 Å². The van der Waals surface area contributed by atoms with E-state index in [0.29, 0.717) is 17.8 Å². The standard InChI is InChI=1S/C22H20FN3O3/c1-15-8-9-17(23)13-19(15)26-12-11-24(21(28)22(26)29)14-20(27)25-10-4-6-16-5-2-3-7-18(16)25/h2-3,5,7-9,11-13H,4,6,10,14H2,1H3. The molecule has 0 spiro atoms. The van der Waals surface area contributed by atoms with Crippen molar-refractivity contribution in [2.75, 3.05) is 11.4 Å². The third-order valence-electron chi connectivity index (χ3n) is 5.21. The van der Waals surface area contributed by atoms with Crippen molar-refractivity contribution in [3.05, 3.63) is 92.5 Å². The number of fused-ring (bicyclic) bond motifs is 1. The smallest absolute Gasteiger partial charge is 0.311 e. The summed E-state index contributed by atoms with van der Waals surface area (Å²) in [4.78, 5) is 39.7. The molecule has 0 N–H and O–H groups in total. The number of nitrogens with zero attached hydrogens (tertiary/aromatic N) is 3. The molecule has 1 aromatic heterocycles. The van der Waals surface area contributed by atoms with Gasteiger partial charge in [0.05, 0.1) is 5.69 Å². The van der Waals surface area contributed by atoms with Crippen LogP contribution < -0.4 is 16.0 Å². The summed E-state index contributed by atoms with van der Waals surface area (Å²) in [5.41, 5.74) is 1.25. The number of para-hydroxylation sites is 1. The highest BCUT2D eigenvalue weighted by Gasteiger charge is 2.23. The van der Waals surface area contributed by atoms with E-state index in [1.165, 1.54) is 24.5 Å². The van der Waals surface area contributed by atoms with Gasteiger partial charge in [-0.25, -0.2) is 4.39 Å².